The molecule has 0 bridgehead atoms. The SMILES string of the molecule is CCNc1nc[n+](Cc2ccc(OC)c(O)c2)c2nc(C(C)CO)[nH]c12. The average molecular weight is 358 g/mol. The van der Waals surface area contributed by atoms with Crippen molar-refractivity contribution in [3.8, 4) is 11.5 Å². The molecule has 3 rings (SSSR count). The van der Waals surface area contributed by atoms with Gasteiger partial charge >= 0.3 is 0 Å². The summed E-state index contributed by atoms with van der Waals surface area (Å²) in [5.74, 6) is 1.86. The Hall–Kier alpha value is -2.87. The number of imidazole rings is 1. The molecular weight excluding hydrogens is 334 g/mol. The van der Waals surface area contributed by atoms with Crippen LogP contribution in [0.15, 0.2) is 24.5 Å². The third-order valence-corrected chi connectivity index (χ3v) is 4.22. The van der Waals surface area contributed by atoms with E-state index in [1.54, 1.807) is 18.5 Å². The Morgan fingerprint density at radius 3 is 2.85 bits per heavy atom. The fourth-order valence-electron chi connectivity index (χ4n) is 2.77. The molecule has 1 aromatic carbocycles. The lowest BCUT2D eigenvalue weighted by molar-refractivity contribution is -0.667. The van der Waals surface area contributed by atoms with E-state index in [0.717, 1.165) is 29.1 Å². The molecule has 1 atom stereocenters. The maximum Gasteiger partial charge on any atom is 0.294 e. The zero-order valence-corrected chi connectivity index (χ0v) is 15.2. The van der Waals surface area contributed by atoms with Gasteiger partial charge in [-0.15, -0.1) is 0 Å². The largest absolute Gasteiger partial charge is 0.504 e. The predicted molar refractivity (Wildman–Crippen MR) is 97.5 cm³/mol. The van der Waals surface area contributed by atoms with Gasteiger partial charge < -0.3 is 25.3 Å². The van der Waals surface area contributed by atoms with E-state index in [4.69, 9.17) is 4.74 Å². The molecule has 2 heterocycles. The third kappa shape index (κ3) is 3.41. The van der Waals surface area contributed by atoms with Crippen LogP contribution in [-0.4, -0.2) is 45.4 Å². The van der Waals surface area contributed by atoms with Gasteiger partial charge in [-0.2, -0.15) is 0 Å². The van der Waals surface area contributed by atoms with Crippen LogP contribution in [0.25, 0.3) is 11.2 Å². The van der Waals surface area contributed by atoms with Crippen LogP contribution in [0.1, 0.15) is 31.2 Å². The van der Waals surface area contributed by atoms with E-state index in [2.05, 4.69) is 20.3 Å². The molecule has 0 radical (unpaired) electrons. The minimum Gasteiger partial charge on any atom is -0.504 e. The number of hydrogen-bond acceptors (Lipinski definition) is 6. The summed E-state index contributed by atoms with van der Waals surface area (Å²) in [7, 11) is 1.52. The minimum atomic E-state index is -0.102. The standard InChI is InChI=1S/C18H23N5O3/c1-4-19-17-15-18(22-16(21-15)11(2)9-24)23(10-20-17)8-12-5-6-14(26-3)13(25)7-12/h5-7,10-11,24H,4,8-9H2,1-3H3,(H2,19,21,22,25)/p+1. The summed E-state index contributed by atoms with van der Waals surface area (Å²) in [6.07, 6.45) is 1.72. The van der Waals surface area contributed by atoms with E-state index in [-0.39, 0.29) is 18.3 Å². The average Bonchev–Trinajstić information content (AvgIpc) is 3.09. The van der Waals surface area contributed by atoms with E-state index in [0.29, 0.717) is 18.1 Å². The van der Waals surface area contributed by atoms with Crippen molar-refractivity contribution in [2.24, 2.45) is 0 Å². The van der Waals surface area contributed by atoms with Crippen LogP contribution in [-0.2, 0) is 6.54 Å². The molecular formula is C18H24N5O3+. The van der Waals surface area contributed by atoms with Crippen molar-refractivity contribution < 1.29 is 19.5 Å². The number of phenolic OH excluding ortho intramolecular Hbond substituents is 1. The van der Waals surface area contributed by atoms with Crippen molar-refractivity contribution in [2.45, 2.75) is 26.3 Å². The van der Waals surface area contributed by atoms with Crippen molar-refractivity contribution in [3.63, 3.8) is 0 Å². The first-order valence-corrected chi connectivity index (χ1v) is 8.56. The number of aromatic amines is 1. The molecule has 0 spiro atoms. The second-order valence-electron chi connectivity index (χ2n) is 6.16. The topological polar surface area (TPSA) is 107 Å². The summed E-state index contributed by atoms with van der Waals surface area (Å²) >= 11 is 0. The normalized spacial score (nSPS) is 12.3. The molecule has 138 valence electrons. The van der Waals surface area contributed by atoms with Crippen molar-refractivity contribution >= 4 is 17.0 Å². The molecule has 0 aliphatic rings. The number of aliphatic hydroxyl groups excluding tert-OH is 1. The highest BCUT2D eigenvalue weighted by molar-refractivity contribution is 5.80. The number of anilines is 1. The number of benzene rings is 1. The maximum atomic E-state index is 10.00. The van der Waals surface area contributed by atoms with Crippen LogP contribution in [0.3, 0.4) is 0 Å². The highest BCUT2D eigenvalue weighted by Crippen LogP contribution is 2.26. The quantitative estimate of drug-likeness (QED) is 0.477. The molecule has 0 saturated carbocycles. The van der Waals surface area contributed by atoms with Crippen LogP contribution >= 0.6 is 0 Å². The molecule has 1 unspecified atom stereocenters. The molecule has 0 amide bonds. The van der Waals surface area contributed by atoms with E-state index in [1.807, 2.05) is 24.5 Å². The van der Waals surface area contributed by atoms with Gasteiger partial charge in [0.25, 0.3) is 5.65 Å². The number of aromatic hydroxyl groups is 1. The number of nitrogens with zero attached hydrogens (tertiary/aromatic N) is 3. The van der Waals surface area contributed by atoms with Gasteiger partial charge in [0.1, 0.15) is 0 Å². The van der Waals surface area contributed by atoms with E-state index < -0.39 is 0 Å². The molecule has 4 N–H and O–H groups in total. The molecule has 8 nitrogen and oxygen atoms in total. The van der Waals surface area contributed by atoms with Crippen molar-refractivity contribution in [1.82, 2.24) is 15.0 Å². The third-order valence-electron chi connectivity index (χ3n) is 4.22. The lowest BCUT2D eigenvalue weighted by atomic mass is 10.2. The predicted octanol–water partition coefficient (Wildman–Crippen LogP) is 1.54. The number of rotatable bonds is 7. The lowest BCUT2D eigenvalue weighted by Crippen LogP contribution is -2.36. The summed E-state index contributed by atoms with van der Waals surface area (Å²) in [6, 6.07) is 5.28. The Morgan fingerprint density at radius 2 is 2.19 bits per heavy atom. The highest BCUT2D eigenvalue weighted by Gasteiger charge is 2.22. The number of nitrogens with one attached hydrogen (secondary N) is 2. The van der Waals surface area contributed by atoms with Gasteiger partial charge in [-0.1, -0.05) is 23.0 Å². The summed E-state index contributed by atoms with van der Waals surface area (Å²) in [4.78, 5) is 12.4. The summed E-state index contributed by atoms with van der Waals surface area (Å²) < 4.78 is 6.99. The zero-order valence-electron chi connectivity index (χ0n) is 15.2. The molecule has 0 aliphatic carbocycles. The van der Waals surface area contributed by atoms with Crippen LogP contribution < -0.4 is 14.6 Å². The Morgan fingerprint density at radius 1 is 1.38 bits per heavy atom. The molecule has 0 aliphatic heterocycles. The first-order valence-electron chi connectivity index (χ1n) is 8.56. The molecule has 2 aromatic heterocycles. The number of aliphatic hydroxyl groups is 1. The van der Waals surface area contributed by atoms with Crippen molar-refractivity contribution in [1.29, 1.82) is 0 Å². The maximum absolute atomic E-state index is 10.00. The highest BCUT2D eigenvalue weighted by atomic mass is 16.5. The monoisotopic (exact) mass is 358 g/mol. The Kier molecular flexibility index (Phi) is 5.22. The molecule has 0 saturated heterocycles. The fraction of sp³-hybridized carbons (Fsp3) is 0.389. The van der Waals surface area contributed by atoms with Crippen LogP contribution in [0.5, 0.6) is 11.5 Å². The molecule has 26 heavy (non-hydrogen) atoms. The van der Waals surface area contributed by atoms with Gasteiger partial charge in [0, 0.05) is 6.54 Å². The van der Waals surface area contributed by atoms with Crippen LogP contribution in [0, 0.1) is 0 Å². The van der Waals surface area contributed by atoms with Crippen molar-refractivity contribution in [3.05, 3.63) is 35.9 Å². The van der Waals surface area contributed by atoms with Gasteiger partial charge in [0.2, 0.25) is 12.1 Å². The summed E-state index contributed by atoms with van der Waals surface area (Å²) in [6.45, 7) is 5.15. The minimum absolute atomic E-state index is 0.0101. The Balaban J connectivity index is 2.03. The zero-order chi connectivity index (χ0) is 18.7. The molecule has 3 aromatic rings. The second-order valence-corrected chi connectivity index (χ2v) is 6.16. The number of phenols is 1. The van der Waals surface area contributed by atoms with Crippen LogP contribution in [0.4, 0.5) is 5.82 Å². The molecule has 8 heteroatoms. The van der Waals surface area contributed by atoms with Gasteiger partial charge in [0.15, 0.2) is 22.8 Å². The first-order chi connectivity index (χ1) is 12.6. The summed E-state index contributed by atoms with van der Waals surface area (Å²) in [5.41, 5.74) is 2.43. The fourth-order valence-corrected chi connectivity index (χ4v) is 2.77. The van der Waals surface area contributed by atoms with E-state index in [1.165, 1.54) is 7.11 Å². The smallest absolute Gasteiger partial charge is 0.294 e. The summed E-state index contributed by atoms with van der Waals surface area (Å²) in [5, 5.41) is 22.7. The Bertz CT molecular complexity index is 909. The number of ether oxygens (including phenoxy) is 1. The number of aromatic nitrogens is 4. The second kappa shape index (κ2) is 7.57. The number of H-pyrrole nitrogens is 1. The lowest BCUT2D eigenvalue weighted by Gasteiger charge is -2.07. The van der Waals surface area contributed by atoms with Gasteiger partial charge in [0.05, 0.1) is 26.2 Å². The van der Waals surface area contributed by atoms with Crippen molar-refractivity contribution in [2.75, 3.05) is 25.6 Å². The number of hydrogen-bond donors (Lipinski definition) is 4. The van der Waals surface area contributed by atoms with E-state index in [9.17, 15) is 10.2 Å². The number of fused-ring (bicyclic) bond motifs is 1. The van der Waals surface area contributed by atoms with Gasteiger partial charge in [-0.25, -0.2) is 4.57 Å². The van der Waals surface area contributed by atoms with Crippen LogP contribution in [0.2, 0.25) is 0 Å². The Labute approximate surface area is 151 Å². The number of methoxy groups -OCH3 is 1. The van der Waals surface area contributed by atoms with E-state index >= 15 is 0 Å². The van der Waals surface area contributed by atoms with Gasteiger partial charge in [-0.05, 0) is 24.6 Å². The molecule has 0 fully saturated rings. The first kappa shape index (κ1) is 17.9. The van der Waals surface area contributed by atoms with Gasteiger partial charge in [-0.3, -0.25) is 0 Å².